The number of nitrogens with zero attached hydrogens (tertiary/aromatic N) is 2. The van der Waals surface area contributed by atoms with E-state index in [-0.39, 0.29) is 5.82 Å². The van der Waals surface area contributed by atoms with Gasteiger partial charge in [-0.3, -0.25) is 4.90 Å². The summed E-state index contributed by atoms with van der Waals surface area (Å²) < 4.78 is 13.0. The highest BCUT2D eigenvalue weighted by molar-refractivity contribution is 5.87. The zero-order valence-electron chi connectivity index (χ0n) is 14.7. The molecule has 6 heteroatoms. The Morgan fingerprint density at radius 3 is 2.50 bits per heavy atom. The summed E-state index contributed by atoms with van der Waals surface area (Å²) in [6.45, 7) is 6.31. The summed E-state index contributed by atoms with van der Waals surface area (Å²) >= 11 is 0. The van der Waals surface area contributed by atoms with Crippen molar-refractivity contribution in [1.82, 2.24) is 10.2 Å². The van der Waals surface area contributed by atoms with Crippen molar-refractivity contribution in [2.75, 3.05) is 44.2 Å². The van der Waals surface area contributed by atoms with Gasteiger partial charge in [0, 0.05) is 51.5 Å². The summed E-state index contributed by atoms with van der Waals surface area (Å²) in [5, 5.41) is 12.4. The van der Waals surface area contributed by atoms with Crippen molar-refractivity contribution in [3.63, 3.8) is 0 Å². The van der Waals surface area contributed by atoms with Gasteiger partial charge in [-0.05, 0) is 42.0 Å². The largest absolute Gasteiger partial charge is 0.478 e. The van der Waals surface area contributed by atoms with Gasteiger partial charge in [-0.25, -0.2) is 9.18 Å². The van der Waals surface area contributed by atoms with Crippen LogP contribution in [0, 0.1) is 5.82 Å². The monoisotopic (exact) mass is 357 g/mol. The summed E-state index contributed by atoms with van der Waals surface area (Å²) in [6, 6.07) is 13.7. The fraction of sp³-hybridized carbons (Fsp3) is 0.350. The van der Waals surface area contributed by atoms with Crippen LogP contribution in [0.15, 0.2) is 48.5 Å². The molecule has 0 radical (unpaired) electrons. The fourth-order valence-electron chi connectivity index (χ4n) is 3.17. The Hall–Kier alpha value is -2.44. The third kappa shape index (κ3) is 5.03. The molecule has 5 nitrogen and oxygen atoms in total. The van der Waals surface area contributed by atoms with E-state index in [0.717, 1.165) is 50.5 Å². The molecule has 26 heavy (non-hydrogen) atoms. The number of aromatic carboxylic acids is 1. The van der Waals surface area contributed by atoms with E-state index in [9.17, 15) is 9.18 Å². The van der Waals surface area contributed by atoms with Gasteiger partial charge in [0.1, 0.15) is 5.82 Å². The molecule has 0 bridgehead atoms. The molecule has 1 aliphatic heterocycles. The van der Waals surface area contributed by atoms with Crippen LogP contribution in [0.5, 0.6) is 0 Å². The van der Waals surface area contributed by atoms with Gasteiger partial charge in [-0.2, -0.15) is 0 Å². The average Bonchev–Trinajstić information content (AvgIpc) is 2.67. The minimum Gasteiger partial charge on any atom is -0.478 e. The lowest BCUT2D eigenvalue weighted by atomic mass is 10.1. The number of carboxylic acid groups (broad SMARTS) is 1. The van der Waals surface area contributed by atoms with Gasteiger partial charge < -0.3 is 15.3 Å². The molecule has 2 aromatic carbocycles. The predicted octanol–water partition coefficient (Wildman–Crippen LogP) is 2.44. The van der Waals surface area contributed by atoms with Crippen molar-refractivity contribution in [2.24, 2.45) is 0 Å². The second-order valence-corrected chi connectivity index (χ2v) is 6.49. The zero-order chi connectivity index (χ0) is 18.4. The van der Waals surface area contributed by atoms with Gasteiger partial charge >= 0.3 is 5.97 Å². The van der Waals surface area contributed by atoms with Gasteiger partial charge in [0.15, 0.2) is 0 Å². The van der Waals surface area contributed by atoms with E-state index in [1.54, 1.807) is 18.2 Å². The molecule has 0 saturated carbocycles. The smallest absolute Gasteiger partial charge is 0.335 e. The number of carboxylic acids is 1. The van der Waals surface area contributed by atoms with Crippen molar-refractivity contribution < 1.29 is 14.3 Å². The number of halogens is 1. The topological polar surface area (TPSA) is 55.8 Å². The van der Waals surface area contributed by atoms with E-state index < -0.39 is 5.97 Å². The van der Waals surface area contributed by atoms with E-state index >= 15 is 0 Å². The number of hydrogen-bond donors (Lipinski definition) is 2. The van der Waals surface area contributed by atoms with Crippen molar-refractivity contribution in [3.8, 4) is 0 Å². The minimum atomic E-state index is -0.897. The summed E-state index contributed by atoms with van der Waals surface area (Å²) in [5.41, 5.74) is 2.37. The van der Waals surface area contributed by atoms with Crippen LogP contribution in [0.25, 0.3) is 0 Å². The molecule has 138 valence electrons. The van der Waals surface area contributed by atoms with Crippen LogP contribution in [0.1, 0.15) is 15.9 Å². The first kappa shape index (κ1) is 18.4. The molecule has 0 atom stereocenters. The van der Waals surface area contributed by atoms with Crippen molar-refractivity contribution in [1.29, 1.82) is 0 Å². The Morgan fingerprint density at radius 2 is 1.81 bits per heavy atom. The lowest BCUT2D eigenvalue weighted by Gasteiger charge is -2.36. The number of hydrogen-bond acceptors (Lipinski definition) is 4. The highest BCUT2D eigenvalue weighted by Gasteiger charge is 2.16. The first-order valence-electron chi connectivity index (χ1n) is 8.87. The molecule has 3 rings (SSSR count). The quantitative estimate of drug-likeness (QED) is 0.746. The minimum absolute atomic E-state index is 0.202. The van der Waals surface area contributed by atoms with Crippen LogP contribution in [0.2, 0.25) is 0 Å². The first-order chi connectivity index (χ1) is 12.6. The first-order valence-corrected chi connectivity index (χ1v) is 8.87. The second-order valence-electron chi connectivity index (χ2n) is 6.49. The number of rotatable bonds is 7. The van der Waals surface area contributed by atoms with Crippen molar-refractivity contribution >= 4 is 11.7 Å². The molecule has 1 fully saturated rings. The van der Waals surface area contributed by atoms with Gasteiger partial charge in [0.2, 0.25) is 0 Å². The second kappa shape index (κ2) is 8.78. The maximum atomic E-state index is 13.0. The van der Waals surface area contributed by atoms with E-state index in [1.165, 1.54) is 12.1 Å². The number of anilines is 1. The van der Waals surface area contributed by atoms with E-state index in [1.807, 2.05) is 18.2 Å². The van der Waals surface area contributed by atoms with Gasteiger partial charge in [0.25, 0.3) is 0 Å². The van der Waals surface area contributed by atoms with Crippen LogP contribution in [-0.4, -0.2) is 55.2 Å². The van der Waals surface area contributed by atoms with Crippen LogP contribution in [-0.2, 0) is 6.54 Å². The average molecular weight is 357 g/mol. The number of piperazine rings is 1. The third-order valence-corrected chi connectivity index (χ3v) is 4.67. The van der Waals surface area contributed by atoms with Gasteiger partial charge in [0.05, 0.1) is 5.56 Å². The maximum absolute atomic E-state index is 13.0. The lowest BCUT2D eigenvalue weighted by molar-refractivity contribution is 0.0696. The Balaban J connectivity index is 1.37. The normalized spacial score (nSPS) is 15.2. The molecule has 0 unspecified atom stereocenters. The molecule has 2 N–H and O–H groups in total. The molecule has 2 aromatic rings. The fourth-order valence-corrected chi connectivity index (χ4v) is 3.17. The highest BCUT2D eigenvalue weighted by atomic mass is 19.1. The van der Waals surface area contributed by atoms with Crippen molar-refractivity contribution in [2.45, 2.75) is 6.54 Å². The summed E-state index contributed by atoms with van der Waals surface area (Å²) in [7, 11) is 0. The molecule has 0 amide bonds. The van der Waals surface area contributed by atoms with E-state index in [4.69, 9.17) is 5.11 Å². The van der Waals surface area contributed by atoms with Crippen LogP contribution >= 0.6 is 0 Å². The number of carbonyl (C=O) groups is 1. The van der Waals surface area contributed by atoms with E-state index in [2.05, 4.69) is 15.1 Å². The number of benzene rings is 2. The Labute approximate surface area is 153 Å². The molecular formula is C20H24FN3O2. The van der Waals surface area contributed by atoms with Crippen LogP contribution < -0.4 is 10.2 Å². The SMILES string of the molecule is O=C(O)c1cccc(CNCCN2CCN(c3ccc(F)cc3)CC2)c1. The van der Waals surface area contributed by atoms with Gasteiger partial charge in [-0.15, -0.1) is 0 Å². The Bertz CT molecular complexity index is 728. The third-order valence-electron chi connectivity index (χ3n) is 4.67. The molecule has 0 aromatic heterocycles. The van der Waals surface area contributed by atoms with Gasteiger partial charge in [-0.1, -0.05) is 12.1 Å². The molecule has 1 saturated heterocycles. The summed E-state index contributed by atoms with van der Waals surface area (Å²) in [6.07, 6.45) is 0. The Morgan fingerprint density at radius 1 is 1.08 bits per heavy atom. The number of nitrogens with one attached hydrogen (secondary N) is 1. The molecule has 0 aliphatic carbocycles. The molecular weight excluding hydrogens is 333 g/mol. The van der Waals surface area contributed by atoms with Crippen LogP contribution in [0.4, 0.5) is 10.1 Å². The van der Waals surface area contributed by atoms with E-state index in [0.29, 0.717) is 12.1 Å². The highest BCUT2D eigenvalue weighted by Crippen LogP contribution is 2.16. The summed E-state index contributed by atoms with van der Waals surface area (Å²) in [5.74, 6) is -1.10. The molecule has 1 aliphatic rings. The van der Waals surface area contributed by atoms with Crippen LogP contribution in [0.3, 0.4) is 0 Å². The molecule has 0 spiro atoms. The molecule has 1 heterocycles. The predicted molar refractivity (Wildman–Crippen MR) is 100 cm³/mol. The van der Waals surface area contributed by atoms with Crippen molar-refractivity contribution in [3.05, 3.63) is 65.5 Å². The standard InChI is InChI=1S/C20H24FN3O2/c21-18-4-6-19(7-5-18)24-12-10-23(11-13-24)9-8-22-15-16-2-1-3-17(14-16)20(25)26/h1-7,14,22H,8-13,15H2,(H,25,26). The zero-order valence-corrected chi connectivity index (χ0v) is 14.7. The lowest BCUT2D eigenvalue weighted by Crippen LogP contribution is -2.48. The summed E-state index contributed by atoms with van der Waals surface area (Å²) in [4.78, 5) is 15.7. The maximum Gasteiger partial charge on any atom is 0.335 e. The Kier molecular flexibility index (Phi) is 6.20.